The number of rotatable bonds is 6. The van der Waals surface area contributed by atoms with E-state index in [0.29, 0.717) is 5.41 Å². The van der Waals surface area contributed by atoms with Crippen LogP contribution in [0.4, 0.5) is 0 Å². The summed E-state index contributed by atoms with van der Waals surface area (Å²) < 4.78 is 1.31. The van der Waals surface area contributed by atoms with Crippen molar-refractivity contribution in [1.82, 2.24) is 0 Å². The van der Waals surface area contributed by atoms with Crippen molar-refractivity contribution in [1.29, 1.82) is 0 Å². The second kappa shape index (κ2) is 7.37. The predicted octanol–water partition coefficient (Wildman–Crippen LogP) is 5.41. The third kappa shape index (κ3) is 4.30. The van der Waals surface area contributed by atoms with Crippen molar-refractivity contribution >= 4 is 54.5 Å². The number of hydrogen-bond acceptors (Lipinski definition) is 0. The minimum atomic E-state index is 0.363. The van der Waals surface area contributed by atoms with Crippen LogP contribution in [0, 0.1) is 8.99 Å². The van der Waals surface area contributed by atoms with E-state index in [2.05, 4.69) is 85.6 Å². The van der Waals surface area contributed by atoms with E-state index < -0.39 is 0 Å². The van der Waals surface area contributed by atoms with Gasteiger partial charge >= 0.3 is 0 Å². The fourth-order valence-electron chi connectivity index (χ4n) is 1.92. The largest absolute Gasteiger partial charge is 0.0922 e. The van der Waals surface area contributed by atoms with E-state index in [1.54, 1.807) is 0 Å². The predicted molar refractivity (Wildman–Crippen MR) is 87.8 cm³/mol. The van der Waals surface area contributed by atoms with Gasteiger partial charge < -0.3 is 0 Å². The summed E-state index contributed by atoms with van der Waals surface area (Å²) in [6.07, 6.45) is 3.64. The smallest absolute Gasteiger partial charge is 0.0130 e. The van der Waals surface area contributed by atoms with Crippen LogP contribution in [0.2, 0.25) is 0 Å². The molecular weight excluding hydrogens is 443 g/mol. The van der Waals surface area contributed by atoms with Gasteiger partial charge in [0.05, 0.1) is 0 Å². The second-order valence-corrected chi connectivity index (χ2v) is 6.69. The van der Waals surface area contributed by atoms with Gasteiger partial charge in [0.1, 0.15) is 0 Å². The molecule has 0 aromatic heterocycles. The van der Waals surface area contributed by atoms with Gasteiger partial charge in [-0.1, -0.05) is 57.3 Å². The lowest BCUT2D eigenvalue weighted by Gasteiger charge is -2.30. The van der Waals surface area contributed by atoms with Gasteiger partial charge in [-0.15, -0.1) is 0 Å². The Morgan fingerprint density at radius 1 is 1.12 bits per heavy atom. The van der Waals surface area contributed by atoms with Crippen LogP contribution in [0.15, 0.2) is 24.3 Å². The van der Waals surface area contributed by atoms with Crippen molar-refractivity contribution < 1.29 is 0 Å². The van der Waals surface area contributed by atoms with Crippen LogP contribution >= 0.6 is 54.5 Å². The Kier molecular flexibility index (Phi) is 6.89. The van der Waals surface area contributed by atoms with E-state index in [0.717, 1.165) is 17.1 Å². The molecule has 0 radical (unpaired) electrons. The first-order valence-electron chi connectivity index (χ1n) is 5.52. The van der Waals surface area contributed by atoms with Gasteiger partial charge in [-0.3, -0.25) is 0 Å². The van der Waals surface area contributed by atoms with Gasteiger partial charge in [0.25, 0.3) is 0 Å². The highest BCUT2D eigenvalue weighted by molar-refractivity contribution is 14.1. The van der Waals surface area contributed by atoms with Gasteiger partial charge in [-0.25, -0.2) is 0 Å². The molecule has 1 rings (SSSR count). The molecule has 0 bridgehead atoms. The number of benzene rings is 1. The molecule has 1 aromatic carbocycles. The van der Waals surface area contributed by atoms with Crippen molar-refractivity contribution in [3.63, 3.8) is 0 Å². The molecule has 0 aliphatic heterocycles. The summed E-state index contributed by atoms with van der Waals surface area (Å²) in [5.41, 5.74) is 1.80. The van der Waals surface area contributed by atoms with Gasteiger partial charge in [0.15, 0.2) is 0 Å². The summed E-state index contributed by atoms with van der Waals surface area (Å²) in [6.45, 7) is 2.26. The highest BCUT2D eigenvalue weighted by Crippen LogP contribution is 2.33. The van der Waals surface area contributed by atoms with E-state index in [9.17, 15) is 0 Å². The van der Waals surface area contributed by atoms with E-state index in [1.807, 2.05) is 0 Å². The average molecular weight is 460 g/mol. The van der Waals surface area contributed by atoms with Crippen LogP contribution < -0.4 is 0 Å². The summed E-state index contributed by atoms with van der Waals surface area (Å²) in [6, 6.07) is 8.87. The first kappa shape index (κ1) is 15.0. The van der Waals surface area contributed by atoms with Crippen molar-refractivity contribution in [2.75, 3.05) is 10.7 Å². The molecule has 0 atom stereocenters. The standard InChI is InChI=1S/C13H17Br2I/c1-2-7-13(9-14,10-15)8-11-3-5-12(16)6-4-11/h3-6H,2,7-10H2,1H3. The molecule has 1 aromatic rings. The van der Waals surface area contributed by atoms with Crippen molar-refractivity contribution in [3.8, 4) is 0 Å². The zero-order chi connectivity index (χ0) is 12.0. The minimum Gasteiger partial charge on any atom is -0.0922 e. The average Bonchev–Trinajstić information content (AvgIpc) is 2.31. The zero-order valence-corrected chi connectivity index (χ0v) is 14.8. The topological polar surface area (TPSA) is 0 Å². The van der Waals surface area contributed by atoms with Crippen LogP contribution in [0.25, 0.3) is 0 Å². The molecule has 0 unspecified atom stereocenters. The van der Waals surface area contributed by atoms with Crippen molar-refractivity contribution in [3.05, 3.63) is 33.4 Å². The molecule has 0 saturated carbocycles. The zero-order valence-electron chi connectivity index (χ0n) is 9.48. The molecular formula is C13H17Br2I. The van der Waals surface area contributed by atoms with Crippen LogP contribution in [-0.4, -0.2) is 10.7 Å². The summed E-state index contributed by atoms with van der Waals surface area (Å²) >= 11 is 9.70. The number of halogens is 3. The van der Waals surface area contributed by atoms with Gasteiger partial charge in [0, 0.05) is 14.2 Å². The Morgan fingerprint density at radius 3 is 2.12 bits per heavy atom. The lowest BCUT2D eigenvalue weighted by Crippen LogP contribution is -2.27. The van der Waals surface area contributed by atoms with E-state index in [4.69, 9.17) is 0 Å². The molecule has 16 heavy (non-hydrogen) atoms. The Morgan fingerprint density at radius 2 is 1.69 bits per heavy atom. The highest BCUT2D eigenvalue weighted by Gasteiger charge is 2.27. The first-order valence-corrected chi connectivity index (χ1v) is 8.84. The van der Waals surface area contributed by atoms with E-state index >= 15 is 0 Å². The second-order valence-electron chi connectivity index (χ2n) is 4.32. The Hall–Kier alpha value is 0.910. The van der Waals surface area contributed by atoms with Gasteiger partial charge in [-0.05, 0) is 58.5 Å². The van der Waals surface area contributed by atoms with Gasteiger partial charge in [0.2, 0.25) is 0 Å². The number of alkyl halides is 2. The fraction of sp³-hybridized carbons (Fsp3) is 0.538. The third-order valence-corrected chi connectivity index (χ3v) is 5.94. The molecule has 3 heteroatoms. The molecule has 0 saturated heterocycles. The molecule has 90 valence electrons. The molecule has 0 heterocycles. The molecule has 0 N–H and O–H groups in total. The molecule has 0 aliphatic carbocycles. The third-order valence-electron chi connectivity index (χ3n) is 2.84. The van der Waals surface area contributed by atoms with Crippen LogP contribution in [-0.2, 0) is 6.42 Å². The highest BCUT2D eigenvalue weighted by atomic mass is 127. The van der Waals surface area contributed by atoms with Crippen LogP contribution in [0.3, 0.4) is 0 Å². The van der Waals surface area contributed by atoms with E-state index in [-0.39, 0.29) is 0 Å². The number of hydrogen-bond donors (Lipinski definition) is 0. The van der Waals surface area contributed by atoms with Crippen molar-refractivity contribution in [2.24, 2.45) is 5.41 Å². The lowest BCUT2D eigenvalue weighted by atomic mass is 9.82. The summed E-state index contributed by atoms with van der Waals surface area (Å²) in [5, 5.41) is 2.12. The van der Waals surface area contributed by atoms with Crippen LogP contribution in [0.5, 0.6) is 0 Å². The van der Waals surface area contributed by atoms with Gasteiger partial charge in [-0.2, -0.15) is 0 Å². The first-order chi connectivity index (χ1) is 7.65. The molecule has 0 fully saturated rings. The maximum atomic E-state index is 3.67. The monoisotopic (exact) mass is 458 g/mol. The summed E-state index contributed by atoms with van der Waals surface area (Å²) in [5.74, 6) is 0. The maximum Gasteiger partial charge on any atom is 0.0130 e. The summed E-state index contributed by atoms with van der Waals surface area (Å²) in [4.78, 5) is 0. The minimum absolute atomic E-state index is 0.363. The Balaban J connectivity index is 2.78. The molecule has 0 spiro atoms. The summed E-state index contributed by atoms with van der Waals surface area (Å²) in [7, 11) is 0. The molecule has 0 aliphatic rings. The van der Waals surface area contributed by atoms with Crippen LogP contribution in [0.1, 0.15) is 25.3 Å². The Bertz CT molecular complexity index is 304. The normalized spacial score (nSPS) is 11.8. The Labute approximate surface area is 129 Å². The van der Waals surface area contributed by atoms with E-state index in [1.165, 1.54) is 22.0 Å². The molecule has 0 nitrogen and oxygen atoms in total. The SMILES string of the molecule is CCCC(CBr)(CBr)Cc1ccc(I)cc1. The lowest BCUT2D eigenvalue weighted by molar-refractivity contribution is 0.352. The quantitative estimate of drug-likeness (QED) is 0.394. The van der Waals surface area contributed by atoms with Crippen molar-refractivity contribution in [2.45, 2.75) is 26.2 Å². The molecule has 0 amide bonds. The maximum absolute atomic E-state index is 3.67. The fourth-order valence-corrected chi connectivity index (χ4v) is 4.16.